The number of aliphatic hydroxyl groups excluding tert-OH is 1. The summed E-state index contributed by atoms with van der Waals surface area (Å²) in [5.74, 6) is 0.167. The molecule has 1 aromatic heterocycles. The Hall–Kier alpha value is -3.80. The van der Waals surface area contributed by atoms with Gasteiger partial charge in [0.1, 0.15) is 18.4 Å². The van der Waals surface area contributed by atoms with Gasteiger partial charge in [0.2, 0.25) is 11.7 Å². The van der Waals surface area contributed by atoms with Crippen LogP contribution in [0.4, 0.5) is 24.8 Å². The van der Waals surface area contributed by atoms with Gasteiger partial charge in [0.05, 0.1) is 11.6 Å². The molecule has 48 heavy (non-hydrogen) atoms. The Morgan fingerprint density at radius 2 is 1.56 bits per heavy atom. The lowest BCUT2D eigenvalue weighted by Crippen LogP contribution is -2.35. The van der Waals surface area contributed by atoms with Gasteiger partial charge in [-0.05, 0) is 82.2 Å². The molecule has 2 saturated heterocycles. The maximum atomic E-state index is 13.3. The number of likely N-dealkylation sites (N-methyl/N-ethyl adjacent to an activating group) is 1. The molecule has 5 N–H and O–H groups in total. The number of nitriles is 1. The predicted molar refractivity (Wildman–Crippen MR) is 185 cm³/mol. The van der Waals surface area contributed by atoms with E-state index in [0.717, 1.165) is 77.3 Å². The summed E-state index contributed by atoms with van der Waals surface area (Å²) in [6.07, 6.45) is 2.40. The van der Waals surface area contributed by atoms with E-state index in [1.807, 2.05) is 61.7 Å². The number of hydrogen-bond acceptors (Lipinski definition) is 10. The van der Waals surface area contributed by atoms with Crippen molar-refractivity contribution in [2.45, 2.75) is 71.4 Å². The molecule has 0 atom stereocenters. The number of benzene rings is 1. The number of nitrogens with two attached hydrogens (primary N) is 1. The van der Waals surface area contributed by atoms with Gasteiger partial charge >= 0.3 is 6.18 Å². The fourth-order valence-corrected chi connectivity index (χ4v) is 5.14. The molecule has 14 heteroatoms. The van der Waals surface area contributed by atoms with Crippen molar-refractivity contribution in [2.75, 3.05) is 69.8 Å². The molecular weight excluding hydrogens is 625 g/mol. The van der Waals surface area contributed by atoms with Crippen molar-refractivity contribution in [3.63, 3.8) is 0 Å². The van der Waals surface area contributed by atoms with Crippen LogP contribution in [0.2, 0.25) is 0 Å². The highest BCUT2D eigenvalue weighted by atomic mass is 19.4. The van der Waals surface area contributed by atoms with Gasteiger partial charge in [0.15, 0.2) is 0 Å². The maximum absolute atomic E-state index is 13.3. The Balaban J connectivity index is 0.00000102. The van der Waals surface area contributed by atoms with Crippen LogP contribution in [-0.2, 0) is 22.2 Å². The number of hydrogen-bond donors (Lipinski definition) is 4. The molecule has 2 aliphatic rings. The second kappa shape index (κ2) is 26.2. The number of halogens is 3. The molecule has 0 spiro atoms. The van der Waals surface area contributed by atoms with Crippen molar-refractivity contribution in [3.05, 3.63) is 47.3 Å². The number of piperidine rings is 1. The Bertz CT molecular complexity index is 1170. The minimum atomic E-state index is -4.56. The molecule has 0 radical (unpaired) electrons. The van der Waals surface area contributed by atoms with Crippen LogP contribution in [0.3, 0.4) is 0 Å². The summed E-state index contributed by atoms with van der Waals surface area (Å²) >= 11 is 0. The molecule has 2 fully saturated rings. The van der Waals surface area contributed by atoms with E-state index in [1.54, 1.807) is 6.07 Å². The lowest BCUT2D eigenvalue weighted by molar-refractivity contribution is -0.144. The molecular formula is C34H55F3N8O3. The summed E-state index contributed by atoms with van der Waals surface area (Å²) in [5, 5.41) is 21.4. The van der Waals surface area contributed by atoms with Gasteiger partial charge in [-0.25, -0.2) is 9.97 Å². The van der Waals surface area contributed by atoms with Crippen molar-refractivity contribution in [3.8, 4) is 6.07 Å². The minimum absolute atomic E-state index is 0.0213. The summed E-state index contributed by atoms with van der Waals surface area (Å²) in [7, 11) is 2.93. The molecule has 0 saturated carbocycles. The highest BCUT2D eigenvalue weighted by Gasteiger charge is 2.37. The van der Waals surface area contributed by atoms with Gasteiger partial charge in [0, 0.05) is 58.9 Å². The average Bonchev–Trinajstić information content (AvgIpc) is 3.68. The Morgan fingerprint density at radius 3 is 2.04 bits per heavy atom. The molecule has 2 aliphatic heterocycles. The molecule has 3 heterocycles. The quantitative estimate of drug-likeness (QED) is 0.269. The first-order valence-electron chi connectivity index (χ1n) is 16.5. The lowest BCUT2D eigenvalue weighted by atomic mass is 9.91. The number of alkyl halides is 3. The van der Waals surface area contributed by atoms with E-state index in [-0.39, 0.29) is 5.91 Å². The van der Waals surface area contributed by atoms with Crippen molar-refractivity contribution in [2.24, 2.45) is 11.7 Å². The monoisotopic (exact) mass is 680 g/mol. The van der Waals surface area contributed by atoms with Gasteiger partial charge in [-0.15, -0.1) is 0 Å². The van der Waals surface area contributed by atoms with Crippen LogP contribution >= 0.6 is 0 Å². The van der Waals surface area contributed by atoms with Gasteiger partial charge in [-0.2, -0.15) is 18.4 Å². The number of amides is 1. The van der Waals surface area contributed by atoms with Crippen LogP contribution in [0, 0.1) is 17.2 Å². The molecule has 0 bridgehead atoms. The van der Waals surface area contributed by atoms with E-state index in [0.29, 0.717) is 50.2 Å². The normalized spacial score (nSPS) is 14.0. The number of anilines is 2. The number of rotatable bonds is 11. The van der Waals surface area contributed by atoms with Crippen LogP contribution in [-0.4, -0.2) is 87.7 Å². The highest BCUT2D eigenvalue weighted by Crippen LogP contribution is 2.33. The van der Waals surface area contributed by atoms with Crippen molar-refractivity contribution in [1.29, 1.82) is 5.26 Å². The Morgan fingerprint density at radius 1 is 1.02 bits per heavy atom. The number of aromatic nitrogens is 2. The first-order chi connectivity index (χ1) is 23.2. The van der Waals surface area contributed by atoms with E-state index >= 15 is 0 Å². The van der Waals surface area contributed by atoms with Crippen LogP contribution in [0.15, 0.2) is 30.3 Å². The third kappa shape index (κ3) is 16.9. The van der Waals surface area contributed by atoms with Crippen LogP contribution < -0.4 is 26.2 Å². The molecule has 0 unspecified atom stereocenters. The first kappa shape index (κ1) is 44.2. The van der Waals surface area contributed by atoms with E-state index < -0.39 is 12.0 Å². The van der Waals surface area contributed by atoms with E-state index in [1.165, 1.54) is 5.56 Å². The standard InChI is InChI=1S/C20H31F3N6O.C10H12N2.C2H6.CH4O.CH2O/c21-20(22,23)19-26-16(28-10-1-2-11-28)14-17(27-19)29-12-6-15(7-13-29)4-3-5-18(30)25-9-8-24;1-12-7-6-9-2-4-10(8-11)5-3-9;3*1-2/h14-15H,1-13,24H2,(H,25,30);2-5,12H,6-7H2,1H3;1-2H3;2H,1H3;1H2. The smallest absolute Gasteiger partial charge is 0.400 e. The first-order valence-corrected chi connectivity index (χ1v) is 16.5. The fraction of sp³-hybridized carbons (Fsp3) is 0.618. The third-order valence-corrected chi connectivity index (χ3v) is 7.55. The van der Waals surface area contributed by atoms with E-state index in [9.17, 15) is 18.0 Å². The van der Waals surface area contributed by atoms with Crippen molar-refractivity contribution in [1.82, 2.24) is 20.6 Å². The predicted octanol–water partition coefficient (Wildman–Crippen LogP) is 4.33. The Labute approximate surface area is 284 Å². The second-order valence-corrected chi connectivity index (χ2v) is 10.7. The molecule has 270 valence electrons. The molecule has 1 amide bonds. The topological polar surface area (TPSA) is 160 Å². The zero-order chi connectivity index (χ0) is 36.4. The fourth-order valence-electron chi connectivity index (χ4n) is 5.14. The minimum Gasteiger partial charge on any atom is -0.400 e. The second-order valence-electron chi connectivity index (χ2n) is 10.7. The van der Waals surface area contributed by atoms with Gasteiger partial charge in [0.25, 0.3) is 0 Å². The van der Waals surface area contributed by atoms with Crippen LogP contribution in [0.25, 0.3) is 0 Å². The summed E-state index contributed by atoms with van der Waals surface area (Å²) in [5.41, 5.74) is 7.36. The molecule has 4 rings (SSSR count). The van der Waals surface area contributed by atoms with Gasteiger partial charge in [-0.3, -0.25) is 4.79 Å². The molecule has 0 aliphatic carbocycles. The summed E-state index contributed by atoms with van der Waals surface area (Å²) in [6.45, 7) is 10.7. The SMILES string of the molecule is C=O.CC.CNCCc1ccc(C#N)cc1.CO.NCCNC(=O)CCCC1CCN(c2cc(N3CCCC3)nc(C(F)(F)F)n2)CC1. The van der Waals surface area contributed by atoms with E-state index in [4.69, 9.17) is 20.9 Å². The molecule has 2 aromatic rings. The summed E-state index contributed by atoms with van der Waals surface area (Å²) < 4.78 is 40.0. The average molecular weight is 681 g/mol. The Kier molecular flexibility index (Phi) is 24.1. The number of nitrogens with zero attached hydrogens (tertiary/aromatic N) is 5. The summed E-state index contributed by atoms with van der Waals surface area (Å²) in [6, 6.07) is 11.5. The van der Waals surface area contributed by atoms with E-state index in [2.05, 4.69) is 26.7 Å². The van der Waals surface area contributed by atoms with Gasteiger partial charge < -0.3 is 36.1 Å². The number of aliphatic hydroxyl groups is 1. The number of carbonyl (C=O) groups excluding carboxylic acids is 2. The number of carbonyl (C=O) groups is 2. The van der Waals surface area contributed by atoms with Crippen molar-refractivity contribution < 1.29 is 27.9 Å². The maximum Gasteiger partial charge on any atom is 0.451 e. The van der Waals surface area contributed by atoms with Gasteiger partial charge in [-0.1, -0.05) is 26.0 Å². The lowest BCUT2D eigenvalue weighted by Gasteiger charge is -2.33. The highest BCUT2D eigenvalue weighted by molar-refractivity contribution is 5.75. The van der Waals surface area contributed by atoms with Crippen molar-refractivity contribution >= 4 is 24.3 Å². The zero-order valence-corrected chi connectivity index (χ0v) is 29.0. The third-order valence-electron chi connectivity index (χ3n) is 7.55. The summed E-state index contributed by atoms with van der Waals surface area (Å²) in [4.78, 5) is 31.1. The largest absolute Gasteiger partial charge is 0.451 e. The zero-order valence-electron chi connectivity index (χ0n) is 29.0. The number of nitrogens with one attached hydrogen (secondary N) is 2. The molecule has 1 aromatic carbocycles. The van der Waals surface area contributed by atoms with Crippen LogP contribution in [0.1, 0.15) is 75.7 Å². The van der Waals surface area contributed by atoms with Crippen LogP contribution in [0.5, 0.6) is 0 Å². The molecule has 11 nitrogen and oxygen atoms in total.